The van der Waals surface area contributed by atoms with Gasteiger partial charge < -0.3 is 5.73 Å². The highest BCUT2D eigenvalue weighted by molar-refractivity contribution is 5.75. The second-order valence-electron chi connectivity index (χ2n) is 4.49. The summed E-state index contributed by atoms with van der Waals surface area (Å²) < 4.78 is 3.65. The minimum Gasteiger partial charge on any atom is -0.398 e. The van der Waals surface area contributed by atoms with Crippen LogP contribution in [0.3, 0.4) is 0 Å². The first-order valence-electron chi connectivity index (χ1n) is 6.08. The van der Waals surface area contributed by atoms with Gasteiger partial charge in [0, 0.05) is 36.3 Å². The molecule has 96 valence electrons. The Morgan fingerprint density at radius 2 is 2.05 bits per heavy atom. The Bertz CT molecular complexity index is 695. The number of aromatic nitrogens is 4. The van der Waals surface area contributed by atoms with Crippen molar-refractivity contribution in [3.05, 3.63) is 54.6 Å². The topological polar surface area (TPSA) is 61.7 Å². The molecule has 0 spiro atoms. The standard InChI is InChI=1S/C14H15N5/c1-18-7-6-12(17-18)10-19-9-11(8-16-19)13-4-2-3-5-14(13)15/h2-9H,10,15H2,1H3. The third-order valence-electron chi connectivity index (χ3n) is 3.00. The largest absolute Gasteiger partial charge is 0.398 e. The summed E-state index contributed by atoms with van der Waals surface area (Å²) in [6.07, 6.45) is 5.74. The zero-order valence-corrected chi connectivity index (χ0v) is 10.7. The first-order chi connectivity index (χ1) is 9.22. The van der Waals surface area contributed by atoms with Gasteiger partial charge in [-0.2, -0.15) is 10.2 Å². The predicted molar refractivity (Wildman–Crippen MR) is 74.4 cm³/mol. The maximum absolute atomic E-state index is 5.97. The molecule has 0 radical (unpaired) electrons. The zero-order chi connectivity index (χ0) is 13.2. The van der Waals surface area contributed by atoms with Gasteiger partial charge in [-0.1, -0.05) is 18.2 Å². The van der Waals surface area contributed by atoms with E-state index in [1.807, 2.05) is 60.7 Å². The number of aryl methyl sites for hydroxylation is 1. The first kappa shape index (κ1) is 11.5. The zero-order valence-electron chi connectivity index (χ0n) is 10.7. The van der Waals surface area contributed by atoms with E-state index in [1.54, 1.807) is 4.68 Å². The van der Waals surface area contributed by atoms with Crippen LogP contribution in [0.2, 0.25) is 0 Å². The van der Waals surface area contributed by atoms with Gasteiger partial charge in [-0.05, 0) is 12.1 Å². The van der Waals surface area contributed by atoms with E-state index in [0.717, 1.165) is 22.5 Å². The maximum atomic E-state index is 5.97. The monoisotopic (exact) mass is 253 g/mol. The Morgan fingerprint density at radius 1 is 1.21 bits per heavy atom. The van der Waals surface area contributed by atoms with Crippen LogP contribution in [0.25, 0.3) is 11.1 Å². The number of nitrogen functional groups attached to an aromatic ring is 1. The number of para-hydroxylation sites is 1. The highest BCUT2D eigenvalue weighted by Crippen LogP contribution is 2.24. The van der Waals surface area contributed by atoms with Crippen molar-refractivity contribution in [2.24, 2.45) is 7.05 Å². The van der Waals surface area contributed by atoms with E-state index in [0.29, 0.717) is 6.54 Å². The smallest absolute Gasteiger partial charge is 0.0850 e. The molecule has 0 amide bonds. The molecule has 2 aromatic heterocycles. The molecule has 2 heterocycles. The molecule has 2 N–H and O–H groups in total. The second-order valence-corrected chi connectivity index (χ2v) is 4.49. The Kier molecular flexibility index (Phi) is 2.79. The van der Waals surface area contributed by atoms with Gasteiger partial charge in [0.1, 0.15) is 0 Å². The fourth-order valence-electron chi connectivity index (χ4n) is 2.06. The molecular weight excluding hydrogens is 238 g/mol. The molecule has 0 bridgehead atoms. The van der Waals surface area contributed by atoms with Crippen LogP contribution in [0.15, 0.2) is 48.9 Å². The number of hydrogen-bond donors (Lipinski definition) is 1. The molecule has 3 aromatic rings. The summed E-state index contributed by atoms with van der Waals surface area (Å²) in [5.41, 5.74) is 9.74. The number of anilines is 1. The van der Waals surface area contributed by atoms with E-state index in [-0.39, 0.29) is 0 Å². The van der Waals surface area contributed by atoms with Crippen LogP contribution in [0.4, 0.5) is 5.69 Å². The Labute approximate surface area is 111 Å². The lowest BCUT2D eigenvalue weighted by Crippen LogP contribution is -2.01. The van der Waals surface area contributed by atoms with Crippen molar-refractivity contribution in [1.29, 1.82) is 0 Å². The molecule has 0 aliphatic heterocycles. The maximum Gasteiger partial charge on any atom is 0.0850 e. The van der Waals surface area contributed by atoms with Gasteiger partial charge in [0.15, 0.2) is 0 Å². The number of nitrogens with zero attached hydrogens (tertiary/aromatic N) is 4. The molecule has 0 atom stereocenters. The summed E-state index contributed by atoms with van der Waals surface area (Å²) in [4.78, 5) is 0. The molecule has 0 aliphatic carbocycles. The van der Waals surface area contributed by atoms with Crippen molar-refractivity contribution in [2.45, 2.75) is 6.54 Å². The van der Waals surface area contributed by atoms with Crippen molar-refractivity contribution in [3.63, 3.8) is 0 Å². The van der Waals surface area contributed by atoms with Gasteiger partial charge in [0.05, 0.1) is 18.4 Å². The quantitative estimate of drug-likeness (QED) is 0.725. The molecule has 0 saturated carbocycles. The first-order valence-corrected chi connectivity index (χ1v) is 6.08. The Hall–Kier alpha value is -2.56. The average Bonchev–Trinajstić information content (AvgIpc) is 3.00. The van der Waals surface area contributed by atoms with Crippen LogP contribution in [-0.4, -0.2) is 19.6 Å². The number of rotatable bonds is 3. The van der Waals surface area contributed by atoms with E-state index in [9.17, 15) is 0 Å². The van der Waals surface area contributed by atoms with Crippen molar-refractivity contribution < 1.29 is 0 Å². The normalized spacial score (nSPS) is 10.8. The van der Waals surface area contributed by atoms with Crippen LogP contribution >= 0.6 is 0 Å². The SMILES string of the molecule is Cn1ccc(Cn2cc(-c3ccccc3N)cn2)n1. The van der Waals surface area contributed by atoms with Gasteiger partial charge in [-0.25, -0.2) is 0 Å². The Morgan fingerprint density at radius 3 is 2.79 bits per heavy atom. The summed E-state index contributed by atoms with van der Waals surface area (Å²) >= 11 is 0. The average molecular weight is 253 g/mol. The number of nitrogens with two attached hydrogens (primary N) is 1. The lowest BCUT2D eigenvalue weighted by molar-refractivity contribution is 0.650. The molecule has 0 saturated heterocycles. The van der Waals surface area contributed by atoms with Crippen molar-refractivity contribution in [3.8, 4) is 11.1 Å². The number of benzene rings is 1. The minimum absolute atomic E-state index is 0.660. The molecule has 0 aliphatic rings. The molecule has 5 heteroatoms. The highest BCUT2D eigenvalue weighted by atomic mass is 15.3. The third kappa shape index (κ3) is 2.35. The summed E-state index contributed by atoms with van der Waals surface area (Å²) in [7, 11) is 1.91. The van der Waals surface area contributed by atoms with Gasteiger partial charge >= 0.3 is 0 Å². The van der Waals surface area contributed by atoms with Gasteiger partial charge in [0.2, 0.25) is 0 Å². The summed E-state index contributed by atoms with van der Waals surface area (Å²) in [5, 5.41) is 8.69. The van der Waals surface area contributed by atoms with Crippen LogP contribution in [0.5, 0.6) is 0 Å². The van der Waals surface area contributed by atoms with E-state index >= 15 is 0 Å². The fraction of sp³-hybridized carbons (Fsp3) is 0.143. The Balaban J connectivity index is 1.86. The fourth-order valence-corrected chi connectivity index (χ4v) is 2.06. The van der Waals surface area contributed by atoms with Gasteiger partial charge in [-0.15, -0.1) is 0 Å². The molecule has 0 unspecified atom stereocenters. The van der Waals surface area contributed by atoms with E-state index < -0.39 is 0 Å². The summed E-state index contributed by atoms with van der Waals surface area (Å²) in [5.74, 6) is 0. The van der Waals surface area contributed by atoms with Crippen LogP contribution < -0.4 is 5.73 Å². The summed E-state index contributed by atoms with van der Waals surface area (Å²) in [6.45, 7) is 0.660. The minimum atomic E-state index is 0.660. The van der Waals surface area contributed by atoms with E-state index in [1.165, 1.54) is 0 Å². The molecule has 19 heavy (non-hydrogen) atoms. The van der Waals surface area contributed by atoms with E-state index in [4.69, 9.17) is 5.73 Å². The number of hydrogen-bond acceptors (Lipinski definition) is 3. The van der Waals surface area contributed by atoms with Crippen molar-refractivity contribution >= 4 is 5.69 Å². The second kappa shape index (κ2) is 4.61. The predicted octanol–water partition coefficient (Wildman–Crippen LogP) is 1.91. The van der Waals surface area contributed by atoms with Crippen LogP contribution in [-0.2, 0) is 13.6 Å². The van der Waals surface area contributed by atoms with E-state index in [2.05, 4.69) is 10.2 Å². The molecule has 5 nitrogen and oxygen atoms in total. The lowest BCUT2D eigenvalue weighted by atomic mass is 10.1. The molecule has 1 aromatic carbocycles. The molecular formula is C14H15N5. The lowest BCUT2D eigenvalue weighted by Gasteiger charge is -2.01. The van der Waals surface area contributed by atoms with Gasteiger partial charge in [-0.3, -0.25) is 9.36 Å². The van der Waals surface area contributed by atoms with Crippen LogP contribution in [0, 0.1) is 0 Å². The molecule has 3 rings (SSSR count). The van der Waals surface area contributed by atoms with Crippen LogP contribution in [0.1, 0.15) is 5.69 Å². The van der Waals surface area contributed by atoms with Crippen molar-refractivity contribution in [2.75, 3.05) is 5.73 Å². The molecule has 0 fully saturated rings. The van der Waals surface area contributed by atoms with Gasteiger partial charge in [0.25, 0.3) is 0 Å². The highest BCUT2D eigenvalue weighted by Gasteiger charge is 2.06. The van der Waals surface area contributed by atoms with Crippen molar-refractivity contribution in [1.82, 2.24) is 19.6 Å². The summed E-state index contributed by atoms with van der Waals surface area (Å²) in [6, 6.07) is 9.78. The third-order valence-corrected chi connectivity index (χ3v) is 3.00.